The van der Waals surface area contributed by atoms with Crippen LogP contribution >= 0.6 is 0 Å². The van der Waals surface area contributed by atoms with Gasteiger partial charge in [0.05, 0.1) is 6.10 Å². The summed E-state index contributed by atoms with van der Waals surface area (Å²) < 4.78 is 19.2. The fraction of sp³-hybridized carbons (Fsp3) is 0.571. The maximum atomic E-state index is 13.1. The first kappa shape index (κ1) is 11.0. The number of hydrogen-bond donors (Lipinski definition) is 1. The van der Waals surface area contributed by atoms with Gasteiger partial charge in [0.1, 0.15) is 17.2 Å². The topological polar surface area (TPSA) is 29.5 Å². The Labute approximate surface area is 100 Å². The predicted molar refractivity (Wildman–Crippen MR) is 62.4 cm³/mol. The monoisotopic (exact) mass is 236 g/mol. The number of benzene rings is 1. The first-order chi connectivity index (χ1) is 8.08. The van der Waals surface area contributed by atoms with Gasteiger partial charge in [0, 0.05) is 12.0 Å². The molecule has 1 aliphatic carbocycles. The van der Waals surface area contributed by atoms with Crippen LogP contribution in [-0.2, 0) is 0 Å². The zero-order valence-electron chi connectivity index (χ0n) is 9.95. The molecule has 0 saturated heterocycles. The van der Waals surface area contributed by atoms with Crippen LogP contribution in [0, 0.1) is 11.7 Å². The van der Waals surface area contributed by atoms with Crippen molar-refractivity contribution in [3.8, 4) is 5.75 Å². The first-order valence-corrected chi connectivity index (χ1v) is 6.24. The predicted octanol–water partition coefficient (Wildman–Crippen LogP) is 3.20. The average Bonchev–Trinajstić information content (AvgIpc) is 2.61. The molecule has 0 bridgehead atoms. The van der Waals surface area contributed by atoms with Crippen molar-refractivity contribution in [2.45, 2.75) is 44.3 Å². The Kier molecular flexibility index (Phi) is 2.40. The minimum Gasteiger partial charge on any atom is -0.487 e. The van der Waals surface area contributed by atoms with Crippen molar-refractivity contribution in [3.63, 3.8) is 0 Å². The Balaban J connectivity index is 1.96. The van der Waals surface area contributed by atoms with E-state index in [2.05, 4.69) is 6.92 Å². The van der Waals surface area contributed by atoms with Gasteiger partial charge in [-0.15, -0.1) is 0 Å². The summed E-state index contributed by atoms with van der Waals surface area (Å²) in [6.45, 7) is 2.21. The van der Waals surface area contributed by atoms with Gasteiger partial charge in [0.2, 0.25) is 0 Å². The van der Waals surface area contributed by atoms with E-state index in [1.54, 1.807) is 6.07 Å². The normalized spacial score (nSPS) is 35.7. The summed E-state index contributed by atoms with van der Waals surface area (Å²) >= 11 is 0. The van der Waals surface area contributed by atoms with Gasteiger partial charge >= 0.3 is 0 Å². The average molecular weight is 236 g/mol. The van der Waals surface area contributed by atoms with Gasteiger partial charge in [-0.05, 0) is 43.4 Å². The van der Waals surface area contributed by atoms with Crippen molar-refractivity contribution in [2.75, 3.05) is 0 Å². The Morgan fingerprint density at radius 2 is 2.24 bits per heavy atom. The molecule has 2 aliphatic rings. The second-order valence-electron chi connectivity index (χ2n) is 5.54. The number of halogens is 1. The van der Waals surface area contributed by atoms with Crippen LogP contribution in [0.25, 0.3) is 0 Å². The van der Waals surface area contributed by atoms with Gasteiger partial charge in [-0.3, -0.25) is 0 Å². The Bertz CT molecular complexity index is 446. The third-order valence-electron chi connectivity index (χ3n) is 4.04. The van der Waals surface area contributed by atoms with Crippen LogP contribution in [0.2, 0.25) is 0 Å². The summed E-state index contributed by atoms with van der Waals surface area (Å²) in [6.07, 6.45) is 3.11. The fourth-order valence-electron chi connectivity index (χ4n) is 3.24. The van der Waals surface area contributed by atoms with Gasteiger partial charge in [-0.25, -0.2) is 4.39 Å². The lowest BCUT2D eigenvalue weighted by atomic mass is 9.87. The molecule has 0 amide bonds. The van der Waals surface area contributed by atoms with Crippen molar-refractivity contribution in [1.29, 1.82) is 0 Å². The van der Waals surface area contributed by atoms with Crippen LogP contribution in [0.4, 0.5) is 4.39 Å². The van der Waals surface area contributed by atoms with Gasteiger partial charge < -0.3 is 9.84 Å². The zero-order valence-corrected chi connectivity index (χ0v) is 9.95. The maximum absolute atomic E-state index is 13.1. The van der Waals surface area contributed by atoms with Crippen LogP contribution in [-0.4, -0.2) is 10.7 Å². The molecule has 2 nitrogen and oxygen atoms in total. The number of rotatable bonds is 0. The Hall–Kier alpha value is -1.09. The molecule has 1 aromatic rings. The second kappa shape index (κ2) is 3.70. The van der Waals surface area contributed by atoms with Crippen molar-refractivity contribution in [2.24, 2.45) is 5.92 Å². The molecule has 1 N–H and O–H groups in total. The second-order valence-corrected chi connectivity index (χ2v) is 5.54. The standard InChI is InChI=1S/C14H17FO2/c1-9-4-5-14(7-9)8-12(16)11-6-10(15)2-3-13(11)17-14/h2-3,6,9,12,16H,4-5,7-8H2,1H3/t9?,12-,14?/m0/s1. The minimum absolute atomic E-state index is 0.219. The highest BCUT2D eigenvalue weighted by Gasteiger charge is 2.45. The lowest BCUT2D eigenvalue weighted by Crippen LogP contribution is -2.38. The van der Waals surface area contributed by atoms with Crippen LogP contribution in [0.15, 0.2) is 18.2 Å². The molecule has 1 aliphatic heterocycles. The van der Waals surface area contributed by atoms with E-state index in [9.17, 15) is 9.50 Å². The number of hydrogen-bond acceptors (Lipinski definition) is 2. The maximum Gasteiger partial charge on any atom is 0.126 e. The van der Waals surface area contributed by atoms with E-state index in [0.29, 0.717) is 23.7 Å². The van der Waals surface area contributed by atoms with Crippen molar-refractivity contribution < 1.29 is 14.2 Å². The molecule has 0 aromatic heterocycles. The highest BCUT2D eigenvalue weighted by Crippen LogP contribution is 2.48. The third-order valence-corrected chi connectivity index (χ3v) is 4.04. The zero-order chi connectivity index (χ0) is 12.0. The summed E-state index contributed by atoms with van der Waals surface area (Å²) in [7, 11) is 0. The molecular weight excluding hydrogens is 219 g/mol. The fourth-order valence-corrected chi connectivity index (χ4v) is 3.24. The van der Waals surface area contributed by atoms with Gasteiger partial charge in [0.15, 0.2) is 0 Å². The quantitative estimate of drug-likeness (QED) is 0.749. The van der Waals surface area contributed by atoms with Gasteiger partial charge in [-0.2, -0.15) is 0 Å². The van der Waals surface area contributed by atoms with Crippen LogP contribution in [0.5, 0.6) is 5.75 Å². The molecule has 1 saturated carbocycles. The molecule has 92 valence electrons. The lowest BCUT2D eigenvalue weighted by Gasteiger charge is -2.38. The van der Waals surface area contributed by atoms with E-state index in [1.165, 1.54) is 12.1 Å². The molecule has 3 atom stereocenters. The summed E-state index contributed by atoms with van der Waals surface area (Å²) in [5, 5.41) is 10.2. The summed E-state index contributed by atoms with van der Waals surface area (Å²) in [5.41, 5.74) is 0.374. The minimum atomic E-state index is -0.597. The molecule has 1 spiro atoms. The number of fused-ring (bicyclic) bond motifs is 1. The summed E-state index contributed by atoms with van der Waals surface area (Å²) in [5.74, 6) is 0.977. The van der Waals surface area contributed by atoms with Crippen LogP contribution < -0.4 is 4.74 Å². The SMILES string of the molecule is CC1CCC2(C1)C[C@H](O)c1cc(F)ccc1O2. The molecule has 2 unspecified atom stereocenters. The number of aliphatic hydroxyl groups is 1. The number of ether oxygens (including phenoxy) is 1. The molecule has 17 heavy (non-hydrogen) atoms. The highest BCUT2D eigenvalue weighted by molar-refractivity contribution is 5.38. The first-order valence-electron chi connectivity index (χ1n) is 6.24. The Morgan fingerprint density at radius 1 is 1.41 bits per heavy atom. The van der Waals surface area contributed by atoms with Crippen molar-refractivity contribution in [3.05, 3.63) is 29.6 Å². The van der Waals surface area contributed by atoms with Crippen LogP contribution in [0.1, 0.15) is 44.3 Å². The van der Waals surface area contributed by atoms with Crippen LogP contribution in [0.3, 0.4) is 0 Å². The Morgan fingerprint density at radius 3 is 2.94 bits per heavy atom. The van der Waals surface area contributed by atoms with E-state index < -0.39 is 6.10 Å². The molecule has 3 rings (SSSR count). The molecule has 0 radical (unpaired) electrons. The smallest absolute Gasteiger partial charge is 0.126 e. The van der Waals surface area contributed by atoms with E-state index >= 15 is 0 Å². The third kappa shape index (κ3) is 1.82. The lowest BCUT2D eigenvalue weighted by molar-refractivity contribution is -0.0118. The largest absolute Gasteiger partial charge is 0.487 e. The van der Waals surface area contributed by atoms with E-state index in [4.69, 9.17) is 4.74 Å². The van der Waals surface area contributed by atoms with Crippen molar-refractivity contribution in [1.82, 2.24) is 0 Å². The van der Waals surface area contributed by atoms with Gasteiger partial charge in [-0.1, -0.05) is 6.92 Å². The molecule has 1 heterocycles. The highest BCUT2D eigenvalue weighted by atomic mass is 19.1. The van der Waals surface area contributed by atoms with Gasteiger partial charge in [0.25, 0.3) is 0 Å². The van der Waals surface area contributed by atoms with E-state index in [-0.39, 0.29) is 11.4 Å². The molecular formula is C14H17FO2. The molecule has 1 aromatic carbocycles. The number of aliphatic hydroxyl groups excluding tert-OH is 1. The molecule has 1 fully saturated rings. The van der Waals surface area contributed by atoms with E-state index in [1.807, 2.05) is 0 Å². The molecule has 3 heteroatoms. The van der Waals surface area contributed by atoms with E-state index in [0.717, 1.165) is 19.3 Å². The summed E-state index contributed by atoms with van der Waals surface area (Å²) in [6, 6.07) is 4.41. The summed E-state index contributed by atoms with van der Waals surface area (Å²) in [4.78, 5) is 0. The van der Waals surface area contributed by atoms with Crippen molar-refractivity contribution >= 4 is 0 Å².